The van der Waals surface area contributed by atoms with Gasteiger partial charge >= 0.3 is 0 Å². The van der Waals surface area contributed by atoms with Crippen molar-refractivity contribution in [3.8, 4) is 5.88 Å². The van der Waals surface area contributed by atoms with Gasteiger partial charge < -0.3 is 10.1 Å². The van der Waals surface area contributed by atoms with Crippen LogP contribution < -0.4 is 20.9 Å². The van der Waals surface area contributed by atoms with Crippen LogP contribution in [0.5, 0.6) is 5.88 Å². The lowest BCUT2D eigenvalue weighted by atomic mass is 9.94. The van der Waals surface area contributed by atoms with Gasteiger partial charge in [-0.3, -0.25) is 10.2 Å². The zero-order valence-corrected chi connectivity index (χ0v) is 13.3. The van der Waals surface area contributed by atoms with Crippen molar-refractivity contribution >= 4 is 23.2 Å². The largest absolute Gasteiger partial charge is 0.481 e. The summed E-state index contributed by atoms with van der Waals surface area (Å²) < 4.78 is 5.00. The normalized spacial score (nSPS) is 20.3. The van der Waals surface area contributed by atoms with Gasteiger partial charge in [-0.15, -0.1) is 0 Å². The van der Waals surface area contributed by atoms with Gasteiger partial charge in [0.05, 0.1) is 31.0 Å². The van der Waals surface area contributed by atoms with Crippen LogP contribution in [0.3, 0.4) is 0 Å². The molecule has 0 saturated carbocycles. The van der Waals surface area contributed by atoms with E-state index in [4.69, 9.17) is 16.3 Å². The molecule has 3 N–H and O–H groups in total. The van der Waals surface area contributed by atoms with E-state index < -0.39 is 0 Å². The van der Waals surface area contributed by atoms with Crippen molar-refractivity contribution in [2.24, 2.45) is 5.92 Å². The Morgan fingerprint density at radius 2 is 2.09 bits per heavy atom. The molecule has 1 saturated heterocycles. The van der Waals surface area contributed by atoms with Crippen molar-refractivity contribution < 1.29 is 9.53 Å². The molecule has 1 aromatic carbocycles. The van der Waals surface area contributed by atoms with E-state index in [9.17, 15) is 4.79 Å². The smallest absolute Gasteiger partial charge is 0.230 e. The summed E-state index contributed by atoms with van der Waals surface area (Å²) in [6, 6.07) is 10.8. The van der Waals surface area contributed by atoms with Crippen LogP contribution in [0.2, 0.25) is 5.02 Å². The lowest BCUT2D eigenvalue weighted by molar-refractivity contribution is -0.119. The molecule has 1 aliphatic heterocycles. The van der Waals surface area contributed by atoms with Gasteiger partial charge in [0.25, 0.3) is 0 Å². The third-order valence-electron chi connectivity index (χ3n) is 3.76. The molecule has 1 aromatic heterocycles. The molecule has 2 heterocycles. The third-order valence-corrected chi connectivity index (χ3v) is 4.01. The van der Waals surface area contributed by atoms with E-state index in [1.165, 1.54) is 0 Å². The summed E-state index contributed by atoms with van der Waals surface area (Å²) in [5, 5.41) is 3.55. The van der Waals surface area contributed by atoms with Crippen LogP contribution in [0.4, 0.5) is 5.69 Å². The summed E-state index contributed by atoms with van der Waals surface area (Å²) in [6.45, 7) is 0.544. The van der Waals surface area contributed by atoms with Crippen LogP contribution in [0, 0.1) is 5.92 Å². The maximum Gasteiger partial charge on any atom is 0.230 e. The van der Waals surface area contributed by atoms with Crippen molar-refractivity contribution in [3.05, 3.63) is 53.2 Å². The zero-order chi connectivity index (χ0) is 16.2. The van der Waals surface area contributed by atoms with Crippen molar-refractivity contribution in [3.63, 3.8) is 0 Å². The lowest BCUT2D eigenvalue weighted by Crippen LogP contribution is -2.29. The topological polar surface area (TPSA) is 75.3 Å². The fourth-order valence-electron chi connectivity index (χ4n) is 2.54. The van der Waals surface area contributed by atoms with Gasteiger partial charge in [0, 0.05) is 17.6 Å². The lowest BCUT2D eigenvalue weighted by Gasteiger charge is -2.18. The first-order valence-electron chi connectivity index (χ1n) is 7.22. The third kappa shape index (κ3) is 3.61. The minimum absolute atomic E-state index is 0.0746. The summed E-state index contributed by atoms with van der Waals surface area (Å²) >= 11 is 5.92. The number of carbonyl (C=O) groups excluding carboxylic acids is 1. The molecule has 7 heteroatoms. The second-order valence-electron chi connectivity index (χ2n) is 5.24. The fraction of sp³-hybridized carbons (Fsp3) is 0.250. The molecule has 2 aromatic rings. The summed E-state index contributed by atoms with van der Waals surface area (Å²) in [6.07, 6.45) is 1.57. The standard InChI is InChI=1S/C16H17ClN4O2/c1-23-14-7-6-12(8-18-14)20-16(22)13-9-19-21-15(13)10-2-4-11(17)5-3-10/h2-8,13,15,19,21H,9H2,1H3,(H,20,22). The van der Waals surface area contributed by atoms with Crippen molar-refractivity contribution in [2.45, 2.75) is 6.04 Å². The number of ether oxygens (including phenoxy) is 1. The minimum atomic E-state index is -0.238. The highest BCUT2D eigenvalue weighted by molar-refractivity contribution is 6.30. The summed E-state index contributed by atoms with van der Waals surface area (Å²) in [7, 11) is 1.55. The maximum atomic E-state index is 12.5. The molecule has 3 rings (SSSR count). The number of benzene rings is 1. The molecule has 2 unspecified atom stereocenters. The average molecular weight is 333 g/mol. The van der Waals surface area contributed by atoms with E-state index in [0.717, 1.165) is 5.56 Å². The Hall–Kier alpha value is -2.15. The number of nitrogens with one attached hydrogen (secondary N) is 3. The molecular formula is C16H17ClN4O2. The van der Waals surface area contributed by atoms with Crippen LogP contribution in [0.25, 0.3) is 0 Å². The number of hydrogen-bond donors (Lipinski definition) is 3. The van der Waals surface area contributed by atoms with Gasteiger partial charge in [-0.1, -0.05) is 23.7 Å². The maximum absolute atomic E-state index is 12.5. The van der Waals surface area contributed by atoms with Gasteiger partial charge in [-0.05, 0) is 23.8 Å². The number of halogens is 1. The first-order valence-corrected chi connectivity index (χ1v) is 7.60. The molecule has 2 atom stereocenters. The Bertz CT molecular complexity index is 675. The van der Waals surface area contributed by atoms with E-state index in [1.54, 1.807) is 25.4 Å². The summed E-state index contributed by atoms with van der Waals surface area (Å²) in [4.78, 5) is 16.6. The number of methoxy groups -OCH3 is 1. The van der Waals surface area contributed by atoms with E-state index in [-0.39, 0.29) is 17.9 Å². The fourth-order valence-corrected chi connectivity index (χ4v) is 2.66. The molecular weight excluding hydrogens is 316 g/mol. The number of aromatic nitrogens is 1. The minimum Gasteiger partial charge on any atom is -0.481 e. The highest BCUT2D eigenvalue weighted by Gasteiger charge is 2.33. The number of amides is 1. The molecule has 0 aliphatic carbocycles. The zero-order valence-electron chi connectivity index (χ0n) is 12.5. The van der Waals surface area contributed by atoms with Crippen LogP contribution >= 0.6 is 11.6 Å². The second kappa shape index (κ2) is 6.95. The van der Waals surface area contributed by atoms with Crippen molar-refractivity contribution in [1.82, 2.24) is 15.8 Å². The molecule has 0 radical (unpaired) electrons. The van der Waals surface area contributed by atoms with Gasteiger partial charge in [-0.25, -0.2) is 10.4 Å². The monoisotopic (exact) mass is 332 g/mol. The Balaban J connectivity index is 1.71. The Kier molecular flexibility index (Phi) is 4.76. The van der Waals surface area contributed by atoms with Crippen LogP contribution in [-0.2, 0) is 4.79 Å². The number of rotatable bonds is 4. The second-order valence-corrected chi connectivity index (χ2v) is 5.68. The number of anilines is 1. The number of pyridine rings is 1. The number of hydrazine groups is 1. The first-order chi connectivity index (χ1) is 11.2. The highest BCUT2D eigenvalue weighted by Crippen LogP contribution is 2.27. The number of nitrogens with zero attached hydrogens (tertiary/aromatic N) is 1. The molecule has 6 nitrogen and oxygen atoms in total. The molecule has 0 bridgehead atoms. The van der Waals surface area contributed by atoms with Gasteiger partial charge in [0.15, 0.2) is 0 Å². The van der Waals surface area contributed by atoms with Crippen molar-refractivity contribution in [1.29, 1.82) is 0 Å². The van der Waals surface area contributed by atoms with Crippen LogP contribution in [0.1, 0.15) is 11.6 Å². The van der Waals surface area contributed by atoms with E-state index in [1.807, 2.05) is 24.3 Å². The van der Waals surface area contributed by atoms with Gasteiger partial charge in [0.1, 0.15) is 0 Å². The summed E-state index contributed by atoms with van der Waals surface area (Å²) in [5.74, 6) is 0.193. The quantitative estimate of drug-likeness (QED) is 0.800. The van der Waals surface area contributed by atoms with E-state index in [0.29, 0.717) is 23.1 Å². The summed E-state index contributed by atoms with van der Waals surface area (Å²) in [5.41, 5.74) is 7.82. The molecule has 120 valence electrons. The van der Waals surface area contributed by atoms with E-state index >= 15 is 0 Å². The van der Waals surface area contributed by atoms with Gasteiger partial charge in [0.2, 0.25) is 11.8 Å². The van der Waals surface area contributed by atoms with Crippen LogP contribution in [-0.4, -0.2) is 24.5 Å². The molecule has 1 amide bonds. The van der Waals surface area contributed by atoms with E-state index in [2.05, 4.69) is 21.2 Å². The molecule has 1 fully saturated rings. The van der Waals surface area contributed by atoms with Gasteiger partial charge in [-0.2, -0.15) is 0 Å². The van der Waals surface area contributed by atoms with Crippen molar-refractivity contribution in [2.75, 3.05) is 19.0 Å². The predicted molar refractivity (Wildman–Crippen MR) is 88.2 cm³/mol. The molecule has 23 heavy (non-hydrogen) atoms. The molecule has 1 aliphatic rings. The average Bonchev–Trinajstić information content (AvgIpc) is 3.06. The SMILES string of the molecule is COc1ccc(NC(=O)C2CNNC2c2ccc(Cl)cc2)cn1. The highest BCUT2D eigenvalue weighted by atomic mass is 35.5. The predicted octanol–water partition coefficient (Wildman–Crippen LogP) is 2.15. The Labute approximate surface area is 139 Å². The number of hydrogen-bond acceptors (Lipinski definition) is 5. The Morgan fingerprint density at radius 1 is 1.30 bits per heavy atom. The Morgan fingerprint density at radius 3 is 2.74 bits per heavy atom. The van der Waals surface area contributed by atoms with Crippen LogP contribution in [0.15, 0.2) is 42.6 Å². The molecule has 0 spiro atoms. The number of carbonyl (C=O) groups is 1. The first kappa shape index (κ1) is 15.7.